The first-order valence-corrected chi connectivity index (χ1v) is 6.63. The number of hydrogen-bond acceptors (Lipinski definition) is 4. The second kappa shape index (κ2) is 5.64. The molecule has 0 aliphatic heterocycles. The molecule has 2 heterocycles. The molecule has 0 saturated heterocycles. The van der Waals surface area contributed by atoms with Crippen LogP contribution in [-0.4, -0.2) is 9.55 Å². The maximum Gasteiger partial charge on any atom is 0.108 e. The van der Waals surface area contributed by atoms with Gasteiger partial charge in [-0.3, -0.25) is 11.3 Å². The lowest BCUT2D eigenvalue weighted by Crippen LogP contribution is -2.28. The van der Waals surface area contributed by atoms with Gasteiger partial charge in [-0.05, 0) is 17.9 Å². The lowest BCUT2D eigenvalue weighted by Gasteiger charge is -2.14. The van der Waals surface area contributed by atoms with E-state index < -0.39 is 0 Å². The van der Waals surface area contributed by atoms with Gasteiger partial charge in [-0.2, -0.15) is 0 Å². The van der Waals surface area contributed by atoms with Gasteiger partial charge in [0.1, 0.15) is 5.82 Å². The van der Waals surface area contributed by atoms with E-state index >= 15 is 0 Å². The van der Waals surface area contributed by atoms with Crippen molar-refractivity contribution in [3.8, 4) is 0 Å². The Kier molecular flexibility index (Phi) is 4.17. The van der Waals surface area contributed by atoms with Crippen molar-refractivity contribution >= 4 is 22.9 Å². The lowest BCUT2D eigenvalue weighted by molar-refractivity contribution is 0.513. The molecule has 1 unspecified atom stereocenters. The monoisotopic (exact) mass is 270 g/mol. The Balaban J connectivity index is 2.02. The number of imidazole rings is 1. The van der Waals surface area contributed by atoms with E-state index in [0.29, 0.717) is 0 Å². The number of halogens is 1. The molecule has 0 aromatic carbocycles. The highest BCUT2D eigenvalue weighted by Crippen LogP contribution is 2.30. The Hall–Kier alpha value is -0.880. The highest BCUT2D eigenvalue weighted by atomic mass is 35.5. The van der Waals surface area contributed by atoms with E-state index in [1.165, 1.54) is 0 Å². The Labute approximate surface area is 109 Å². The maximum absolute atomic E-state index is 6.10. The molecule has 0 bridgehead atoms. The summed E-state index contributed by atoms with van der Waals surface area (Å²) in [4.78, 5) is 5.38. The van der Waals surface area contributed by atoms with Crippen LogP contribution in [0.15, 0.2) is 23.8 Å². The average Bonchev–Trinajstić information content (AvgIpc) is 2.90. The highest BCUT2D eigenvalue weighted by molar-refractivity contribution is 7.10. The lowest BCUT2D eigenvalue weighted by atomic mass is 10.1. The van der Waals surface area contributed by atoms with Crippen LogP contribution in [0.3, 0.4) is 0 Å². The Bertz CT molecular complexity index is 479. The number of nitrogens with two attached hydrogens (primary N) is 1. The fourth-order valence-corrected chi connectivity index (χ4v) is 3.04. The number of rotatable bonds is 5. The third-order valence-corrected chi connectivity index (χ3v) is 4.21. The van der Waals surface area contributed by atoms with Crippen LogP contribution in [0.25, 0.3) is 0 Å². The van der Waals surface area contributed by atoms with Gasteiger partial charge in [0.15, 0.2) is 0 Å². The molecule has 0 aliphatic rings. The van der Waals surface area contributed by atoms with E-state index in [1.54, 1.807) is 17.5 Å². The first kappa shape index (κ1) is 12.6. The second-order valence-corrected chi connectivity index (χ2v) is 5.20. The topological polar surface area (TPSA) is 55.9 Å². The Morgan fingerprint density at radius 3 is 3.00 bits per heavy atom. The molecule has 2 aromatic rings. The maximum atomic E-state index is 6.10. The number of thiophene rings is 1. The summed E-state index contributed by atoms with van der Waals surface area (Å²) in [6.45, 7) is 0. The van der Waals surface area contributed by atoms with Crippen molar-refractivity contribution in [1.29, 1.82) is 0 Å². The Morgan fingerprint density at radius 1 is 1.65 bits per heavy atom. The van der Waals surface area contributed by atoms with Crippen molar-refractivity contribution in [3.63, 3.8) is 0 Å². The molecule has 3 N–H and O–H groups in total. The molecule has 0 amide bonds. The van der Waals surface area contributed by atoms with E-state index in [0.717, 1.165) is 28.6 Å². The smallest absolute Gasteiger partial charge is 0.108 e. The van der Waals surface area contributed by atoms with Crippen molar-refractivity contribution in [2.24, 2.45) is 12.9 Å². The predicted molar refractivity (Wildman–Crippen MR) is 70.9 cm³/mol. The first-order chi connectivity index (χ1) is 8.22. The van der Waals surface area contributed by atoms with Crippen LogP contribution in [-0.2, 0) is 13.5 Å². The second-order valence-electron chi connectivity index (χ2n) is 3.85. The van der Waals surface area contributed by atoms with Crippen LogP contribution < -0.4 is 11.3 Å². The zero-order chi connectivity index (χ0) is 12.3. The summed E-state index contributed by atoms with van der Waals surface area (Å²) in [5.74, 6) is 6.63. The zero-order valence-corrected chi connectivity index (χ0v) is 11.1. The summed E-state index contributed by atoms with van der Waals surface area (Å²) in [6.07, 6.45) is 5.49. The number of nitrogens with zero attached hydrogens (tertiary/aromatic N) is 2. The van der Waals surface area contributed by atoms with Crippen LogP contribution in [0.2, 0.25) is 5.02 Å². The summed E-state index contributed by atoms with van der Waals surface area (Å²) in [5.41, 5.74) is 2.82. The fraction of sp³-hybridized carbons (Fsp3) is 0.364. The quantitative estimate of drug-likeness (QED) is 0.647. The summed E-state index contributed by atoms with van der Waals surface area (Å²) in [6, 6.07) is 1.98. The number of aromatic nitrogens is 2. The fourth-order valence-electron chi connectivity index (χ4n) is 1.75. The third-order valence-electron chi connectivity index (χ3n) is 2.74. The summed E-state index contributed by atoms with van der Waals surface area (Å²) < 4.78 is 2.02. The van der Waals surface area contributed by atoms with E-state index in [4.69, 9.17) is 17.4 Å². The van der Waals surface area contributed by atoms with E-state index in [2.05, 4.69) is 10.4 Å². The van der Waals surface area contributed by atoms with Crippen molar-refractivity contribution in [1.82, 2.24) is 15.0 Å². The Morgan fingerprint density at radius 2 is 2.47 bits per heavy atom. The molecule has 2 aromatic heterocycles. The van der Waals surface area contributed by atoms with Gasteiger partial charge in [0.05, 0.1) is 11.1 Å². The van der Waals surface area contributed by atoms with Gasteiger partial charge in [0.25, 0.3) is 0 Å². The summed E-state index contributed by atoms with van der Waals surface area (Å²) in [5, 5.41) is 2.75. The molecular formula is C11H15ClN4S. The largest absolute Gasteiger partial charge is 0.338 e. The molecule has 0 spiro atoms. The van der Waals surface area contributed by atoms with Gasteiger partial charge in [-0.1, -0.05) is 11.6 Å². The molecule has 4 nitrogen and oxygen atoms in total. The van der Waals surface area contributed by atoms with Crippen LogP contribution in [0.4, 0.5) is 0 Å². The molecule has 1 atom stereocenters. The molecule has 0 fully saturated rings. The predicted octanol–water partition coefficient (Wildman–Crippen LogP) is 2.27. The minimum atomic E-state index is 0.0826. The molecule has 0 aliphatic carbocycles. The van der Waals surface area contributed by atoms with E-state index in [1.807, 2.05) is 29.3 Å². The number of hydrogen-bond donors (Lipinski definition) is 2. The third kappa shape index (κ3) is 2.87. The van der Waals surface area contributed by atoms with Gasteiger partial charge in [0, 0.05) is 30.7 Å². The zero-order valence-electron chi connectivity index (χ0n) is 9.56. The molecule has 6 heteroatoms. The van der Waals surface area contributed by atoms with Crippen LogP contribution in [0, 0.1) is 0 Å². The van der Waals surface area contributed by atoms with Crippen molar-refractivity contribution in [2.45, 2.75) is 18.9 Å². The van der Waals surface area contributed by atoms with Crippen LogP contribution >= 0.6 is 22.9 Å². The normalized spacial score (nSPS) is 12.9. The first-order valence-electron chi connectivity index (χ1n) is 5.37. The highest BCUT2D eigenvalue weighted by Gasteiger charge is 2.15. The van der Waals surface area contributed by atoms with Gasteiger partial charge in [0.2, 0.25) is 0 Å². The molecule has 2 rings (SSSR count). The van der Waals surface area contributed by atoms with Gasteiger partial charge in [-0.25, -0.2) is 4.98 Å². The van der Waals surface area contributed by atoms with Gasteiger partial charge >= 0.3 is 0 Å². The SMILES string of the molecule is Cn1ccnc1CCC(NN)c1sccc1Cl. The minimum absolute atomic E-state index is 0.0826. The summed E-state index contributed by atoms with van der Waals surface area (Å²) >= 11 is 7.72. The van der Waals surface area contributed by atoms with Crippen molar-refractivity contribution in [2.75, 3.05) is 0 Å². The van der Waals surface area contributed by atoms with E-state index in [9.17, 15) is 0 Å². The summed E-state index contributed by atoms with van der Waals surface area (Å²) in [7, 11) is 1.99. The molecule has 17 heavy (non-hydrogen) atoms. The standard InChI is InChI=1S/C11H15ClN4S/c1-16-6-5-14-10(16)3-2-9(15-13)11-8(12)4-7-17-11/h4-7,9,15H,2-3,13H2,1H3. The number of aryl methyl sites for hydroxylation is 2. The minimum Gasteiger partial charge on any atom is -0.338 e. The van der Waals surface area contributed by atoms with Crippen molar-refractivity contribution in [3.05, 3.63) is 39.6 Å². The molecular weight excluding hydrogens is 256 g/mol. The molecule has 0 radical (unpaired) electrons. The molecule has 92 valence electrons. The van der Waals surface area contributed by atoms with Gasteiger partial charge in [-0.15, -0.1) is 11.3 Å². The van der Waals surface area contributed by atoms with Crippen LogP contribution in [0.5, 0.6) is 0 Å². The van der Waals surface area contributed by atoms with Crippen LogP contribution in [0.1, 0.15) is 23.2 Å². The van der Waals surface area contributed by atoms with E-state index in [-0.39, 0.29) is 6.04 Å². The number of hydrazine groups is 1. The molecule has 0 saturated carbocycles. The number of nitrogens with one attached hydrogen (secondary N) is 1. The van der Waals surface area contributed by atoms with Crippen molar-refractivity contribution < 1.29 is 0 Å². The average molecular weight is 271 g/mol. The van der Waals surface area contributed by atoms with Gasteiger partial charge < -0.3 is 4.57 Å².